The zero-order valence-corrected chi connectivity index (χ0v) is 13.7. The van der Waals surface area contributed by atoms with Gasteiger partial charge < -0.3 is 9.84 Å². The molecule has 0 saturated carbocycles. The van der Waals surface area contributed by atoms with E-state index in [9.17, 15) is 5.11 Å². The van der Waals surface area contributed by atoms with E-state index in [0.29, 0.717) is 13.2 Å². The number of fused-ring (bicyclic) bond motifs is 1. The second-order valence-electron chi connectivity index (χ2n) is 6.22. The molecule has 1 aliphatic rings. The molecule has 0 aromatic heterocycles. The molecule has 122 valence electrons. The Bertz CT molecular complexity index is 624. The Morgan fingerprint density at radius 2 is 1.83 bits per heavy atom. The van der Waals surface area contributed by atoms with Gasteiger partial charge in [-0.3, -0.25) is 4.90 Å². The molecule has 0 aliphatic carbocycles. The van der Waals surface area contributed by atoms with Gasteiger partial charge in [0.1, 0.15) is 18.5 Å². The third-order valence-corrected chi connectivity index (χ3v) is 4.45. The number of aryl methyl sites for hydroxylation is 1. The summed E-state index contributed by atoms with van der Waals surface area (Å²) in [6.45, 7) is 5.04. The van der Waals surface area contributed by atoms with Gasteiger partial charge in [-0.1, -0.05) is 43.3 Å². The minimum Gasteiger partial charge on any atom is -0.491 e. The first-order valence-electron chi connectivity index (χ1n) is 8.43. The number of β-amino-alcohol motifs (C(OH)–C–C–N with tert-alkyl or cyclic N) is 1. The lowest BCUT2D eigenvalue weighted by Crippen LogP contribution is -2.38. The Labute approximate surface area is 138 Å². The predicted molar refractivity (Wildman–Crippen MR) is 92.7 cm³/mol. The van der Waals surface area contributed by atoms with Crippen molar-refractivity contribution in [3.63, 3.8) is 0 Å². The van der Waals surface area contributed by atoms with Gasteiger partial charge in [-0.25, -0.2) is 0 Å². The molecule has 0 radical (unpaired) electrons. The lowest BCUT2D eigenvalue weighted by Gasteiger charge is -2.30. The van der Waals surface area contributed by atoms with Gasteiger partial charge in [-0.15, -0.1) is 0 Å². The molecule has 2 aromatic carbocycles. The maximum atomic E-state index is 10.2. The van der Waals surface area contributed by atoms with Gasteiger partial charge in [0.2, 0.25) is 0 Å². The molecule has 0 fully saturated rings. The van der Waals surface area contributed by atoms with Gasteiger partial charge in [0.15, 0.2) is 0 Å². The first-order valence-corrected chi connectivity index (χ1v) is 8.43. The van der Waals surface area contributed by atoms with E-state index in [1.54, 1.807) is 0 Å². The highest BCUT2D eigenvalue weighted by molar-refractivity contribution is 5.29. The van der Waals surface area contributed by atoms with E-state index in [0.717, 1.165) is 31.7 Å². The fourth-order valence-electron chi connectivity index (χ4n) is 3.07. The number of aliphatic hydroxyl groups excluding tert-OH is 1. The van der Waals surface area contributed by atoms with E-state index in [2.05, 4.69) is 48.2 Å². The predicted octanol–water partition coefficient (Wildman–Crippen LogP) is 3.05. The molecule has 3 nitrogen and oxygen atoms in total. The van der Waals surface area contributed by atoms with Gasteiger partial charge in [0, 0.05) is 19.6 Å². The van der Waals surface area contributed by atoms with Crippen LogP contribution in [0.25, 0.3) is 0 Å². The number of benzene rings is 2. The Morgan fingerprint density at radius 3 is 2.57 bits per heavy atom. The lowest BCUT2D eigenvalue weighted by molar-refractivity contribution is 0.0638. The van der Waals surface area contributed by atoms with Crippen molar-refractivity contribution in [1.29, 1.82) is 0 Å². The molecular weight excluding hydrogens is 286 g/mol. The lowest BCUT2D eigenvalue weighted by atomic mass is 10.00. The van der Waals surface area contributed by atoms with Gasteiger partial charge in [-0.2, -0.15) is 0 Å². The summed E-state index contributed by atoms with van der Waals surface area (Å²) in [7, 11) is 0. The molecule has 0 amide bonds. The molecule has 1 heterocycles. The van der Waals surface area contributed by atoms with Crippen molar-refractivity contribution < 1.29 is 9.84 Å². The molecular formula is C20H25NO2. The Hall–Kier alpha value is -1.84. The minimum atomic E-state index is -0.467. The zero-order chi connectivity index (χ0) is 16.1. The highest BCUT2D eigenvalue weighted by Gasteiger charge is 2.18. The molecule has 0 unspecified atom stereocenters. The van der Waals surface area contributed by atoms with Crippen LogP contribution in [0.4, 0.5) is 0 Å². The first kappa shape index (κ1) is 16.0. The second-order valence-corrected chi connectivity index (χ2v) is 6.22. The fraction of sp³-hybridized carbons (Fsp3) is 0.400. The van der Waals surface area contributed by atoms with Crippen LogP contribution < -0.4 is 4.74 Å². The van der Waals surface area contributed by atoms with Gasteiger partial charge in [0.05, 0.1) is 0 Å². The van der Waals surface area contributed by atoms with Crippen LogP contribution in [0.15, 0.2) is 48.5 Å². The van der Waals surface area contributed by atoms with E-state index in [1.807, 2.05) is 12.1 Å². The smallest absolute Gasteiger partial charge is 0.119 e. The van der Waals surface area contributed by atoms with Crippen LogP contribution in [0.3, 0.4) is 0 Å². The number of hydrogen-bond acceptors (Lipinski definition) is 3. The van der Waals surface area contributed by atoms with E-state index < -0.39 is 6.10 Å². The summed E-state index contributed by atoms with van der Waals surface area (Å²) < 4.78 is 5.70. The van der Waals surface area contributed by atoms with E-state index in [-0.39, 0.29) is 0 Å². The Kier molecular flexibility index (Phi) is 5.31. The molecule has 3 rings (SSSR count). The van der Waals surface area contributed by atoms with Gasteiger partial charge in [0.25, 0.3) is 0 Å². The van der Waals surface area contributed by atoms with Crippen molar-refractivity contribution in [3.8, 4) is 5.75 Å². The SMILES string of the molecule is CCc1ccc(OC[C@@H](O)CN2CCc3ccccc3C2)cc1. The summed E-state index contributed by atoms with van der Waals surface area (Å²) in [4.78, 5) is 2.30. The van der Waals surface area contributed by atoms with Crippen LogP contribution in [-0.2, 0) is 19.4 Å². The standard InChI is InChI=1S/C20H25NO2/c1-2-16-7-9-20(10-8-16)23-15-19(22)14-21-12-11-17-5-3-4-6-18(17)13-21/h3-10,19,22H,2,11-15H2,1H3/t19-/m0/s1. The van der Waals surface area contributed by atoms with Crippen molar-refractivity contribution in [2.75, 3.05) is 19.7 Å². The van der Waals surface area contributed by atoms with Crippen LogP contribution in [-0.4, -0.2) is 35.8 Å². The average Bonchev–Trinajstić information content (AvgIpc) is 2.60. The monoisotopic (exact) mass is 311 g/mol. The molecule has 0 bridgehead atoms. The zero-order valence-electron chi connectivity index (χ0n) is 13.7. The van der Waals surface area contributed by atoms with Crippen molar-refractivity contribution in [1.82, 2.24) is 4.90 Å². The molecule has 0 spiro atoms. The molecule has 1 atom stereocenters. The van der Waals surface area contributed by atoms with Crippen LogP contribution in [0, 0.1) is 0 Å². The molecule has 1 N–H and O–H groups in total. The van der Waals surface area contributed by atoms with Crippen LogP contribution >= 0.6 is 0 Å². The second kappa shape index (κ2) is 7.62. The maximum Gasteiger partial charge on any atom is 0.119 e. The van der Waals surface area contributed by atoms with Crippen LogP contribution in [0.2, 0.25) is 0 Å². The number of rotatable bonds is 6. The summed E-state index contributed by atoms with van der Waals surface area (Å²) in [5.74, 6) is 0.824. The highest BCUT2D eigenvalue weighted by atomic mass is 16.5. The molecule has 3 heteroatoms. The number of ether oxygens (including phenoxy) is 1. The highest BCUT2D eigenvalue weighted by Crippen LogP contribution is 2.19. The molecule has 23 heavy (non-hydrogen) atoms. The van der Waals surface area contributed by atoms with Crippen LogP contribution in [0.5, 0.6) is 5.75 Å². The van der Waals surface area contributed by atoms with Crippen molar-refractivity contribution in [3.05, 3.63) is 65.2 Å². The third-order valence-electron chi connectivity index (χ3n) is 4.45. The summed E-state index contributed by atoms with van der Waals surface area (Å²) in [5.41, 5.74) is 4.11. The van der Waals surface area contributed by atoms with E-state index in [4.69, 9.17) is 4.74 Å². The summed E-state index contributed by atoms with van der Waals surface area (Å²) in [6.07, 6.45) is 1.62. The summed E-state index contributed by atoms with van der Waals surface area (Å²) in [5, 5.41) is 10.2. The third kappa shape index (κ3) is 4.34. The summed E-state index contributed by atoms with van der Waals surface area (Å²) >= 11 is 0. The first-order chi connectivity index (χ1) is 11.2. The largest absolute Gasteiger partial charge is 0.491 e. The number of aliphatic hydroxyl groups is 1. The van der Waals surface area contributed by atoms with Crippen molar-refractivity contribution in [2.24, 2.45) is 0 Å². The normalized spacial score (nSPS) is 15.9. The van der Waals surface area contributed by atoms with Gasteiger partial charge >= 0.3 is 0 Å². The summed E-state index contributed by atoms with van der Waals surface area (Å²) in [6, 6.07) is 16.7. The maximum absolute atomic E-state index is 10.2. The fourth-order valence-corrected chi connectivity index (χ4v) is 3.07. The Balaban J connectivity index is 1.47. The number of hydrogen-bond donors (Lipinski definition) is 1. The molecule has 1 aliphatic heterocycles. The topological polar surface area (TPSA) is 32.7 Å². The average molecular weight is 311 g/mol. The Morgan fingerprint density at radius 1 is 1.09 bits per heavy atom. The quantitative estimate of drug-likeness (QED) is 0.890. The molecule has 0 saturated heterocycles. The van der Waals surface area contributed by atoms with Crippen molar-refractivity contribution in [2.45, 2.75) is 32.4 Å². The minimum absolute atomic E-state index is 0.337. The van der Waals surface area contributed by atoms with E-state index >= 15 is 0 Å². The molecule has 2 aromatic rings. The van der Waals surface area contributed by atoms with Crippen molar-refractivity contribution >= 4 is 0 Å². The van der Waals surface area contributed by atoms with Gasteiger partial charge in [-0.05, 0) is 41.7 Å². The van der Waals surface area contributed by atoms with Crippen LogP contribution in [0.1, 0.15) is 23.6 Å². The van der Waals surface area contributed by atoms with E-state index in [1.165, 1.54) is 16.7 Å². The number of nitrogens with zero attached hydrogens (tertiary/aromatic N) is 1.